The van der Waals surface area contributed by atoms with Gasteiger partial charge in [0.05, 0.1) is 11.0 Å². The summed E-state index contributed by atoms with van der Waals surface area (Å²) in [6.45, 7) is 2.27. The molecule has 0 N–H and O–H groups in total. The third kappa shape index (κ3) is 2.02. The van der Waals surface area contributed by atoms with Crippen LogP contribution in [0.2, 0.25) is 0 Å². The average Bonchev–Trinajstić information content (AvgIpc) is 3.06. The molecule has 2 atom stereocenters. The van der Waals surface area contributed by atoms with Crippen LogP contribution in [-0.4, -0.2) is 8.68 Å². The van der Waals surface area contributed by atoms with Crippen LogP contribution < -0.4 is 0 Å². The molecule has 2 aromatic heterocycles. The van der Waals surface area contributed by atoms with Crippen molar-refractivity contribution in [2.75, 3.05) is 0 Å². The monoisotopic (exact) mass is 324 g/mol. The Hall–Kier alpha value is -1.62. The van der Waals surface area contributed by atoms with Crippen molar-refractivity contribution in [2.45, 2.75) is 12.8 Å². The zero-order valence-corrected chi connectivity index (χ0v) is 14.7. The topological polar surface area (TPSA) is 9.86 Å². The largest absolute Gasteiger partial charge is 0.328 e. The molecular formula is C18H18N2P2. The standard InChI is InChI=1S/C18H18N2P2/c1-12(17-10-13-6-2-4-8-15(13)19(17)21)18-11-14-7-3-5-9-16(14)20(18)22/h2-12H,21-22H2,1H3. The van der Waals surface area contributed by atoms with E-state index in [2.05, 4.69) is 95.0 Å². The fourth-order valence-electron chi connectivity index (χ4n) is 3.21. The first-order chi connectivity index (χ1) is 10.7. The molecule has 0 saturated heterocycles. The number of fused-ring (bicyclic) bond motifs is 2. The highest BCUT2D eigenvalue weighted by atomic mass is 31.0. The van der Waals surface area contributed by atoms with Crippen molar-refractivity contribution < 1.29 is 0 Å². The zero-order valence-electron chi connectivity index (χ0n) is 12.4. The van der Waals surface area contributed by atoms with Gasteiger partial charge in [0.1, 0.15) is 0 Å². The molecule has 110 valence electrons. The molecule has 0 fully saturated rings. The van der Waals surface area contributed by atoms with Crippen molar-refractivity contribution in [3.05, 3.63) is 72.1 Å². The second kappa shape index (κ2) is 5.23. The maximum absolute atomic E-state index is 2.85. The van der Waals surface area contributed by atoms with E-state index in [1.807, 2.05) is 0 Å². The second-order valence-corrected chi connectivity index (χ2v) is 6.75. The quantitative estimate of drug-likeness (QED) is 0.458. The van der Waals surface area contributed by atoms with Crippen LogP contribution in [0.25, 0.3) is 21.8 Å². The first kappa shape index (κ1) is 14.0. The fourth-order valence-corrected chi connectivity index (χ4v) is 4.28. The molecule has 0 aliphatic heterocycles. The van der Waals surface area contributed by atoms with Crippen molar-refractivity contribution >= 4 is 40.6 Å². The molecule has 2 nitrogen and oxygen atoms in total. The lowest BCUT2D eigenvalue weighted by Gasteiger charge is -2.14. The van der Waals surface area contributed by atoms with E-state index in [0.717, 1.165) is 0 Å². The van der Waals surface area contributed by atoms with E-state index >= 15 is 0 Å². The summed E-state index contributed by atoms with van der Waals surface area (Å²) in [7, 11) is 5.70. The Labute approximate surface area is 134 Å². The Kier molecular flexibility index (Phi) is 3.33. The van der Waals surface area contributed by atoms with Gasteiger partial charge < -0.3 is 8.68 Å². The number of aromatic nitrogens is 2. The molecule has 2 heterocycles. The van der Waals surface area contributed by atoms with E-state index in [1.54, 1.807) is 0 Å². The minimum Gasteiger partial charge on any atom is -0.328 e. The maximum atomic E-state index is 2.85. The lowest BCUT2D eigenvalue weighted by atomic mass is 10.0. The number of para-hydroxylation sites is 2. The molecule has 0 radical (unpaired) electrons. The van der Waals surface area contributed by atoms with Gasteiger partial charge in [-0.05, 0) is 43.0 Å². The van der Waals surface area contributed by atoms with Gasteiger partial charge in [-0.2, -0.15) is 0 Å². The van der Waals surface area contributed by atoms with E-state index in [0.29, 0.717) is 5.92 Å². The summed E-state index contributed by atoms with van der Waals surface area (Å²) in [5.41, 5.74) is 5.11. The predicted molar refractivity (Wildman–Crippen MR) is 102 cm³/mol. The molecular weight excluding hydrogens is 306 g/mol. The fraction of sp³-hybridized carbons (Fsp3) is 0.111. The summed E-state index contributed by atoms with van der Waals surface area (Å²) in [4.78, 5) is 0. The number of hydrogen-bond donors (Lipinski definition) is 0. The van der Waals surface area contributed by atoms with Crippen LogP contribution in [-0.2, 0) is 0 Å². The Bertz CT molecular complexity index is 901. The minimum absolute atomic E-state index is 0.315. The van der Waals surface area contributed by atoms with Crippen molar-refractivity contribution in [1.82, 2.24) is 8.68 Å². The third-order valence-electron chi connectivity index (χ3n) is 4.44. The molecule has 0 saturated carbocycles. The molecule has 0 aliphatic rings. The van der Waals surface area contributed by atoms with Gasteiger partial charge in [0.2, 0.25) is 0 Å². The number of rotatable bonds is 2. The number of nitrogens with zero attached hydrogens (tertiary/aromatic N) is 2. The highest BCUT2D eigenvalue weighted by Crippen LogP contribution is 2.35. The molecule has 0 amide bonds. The Morgan fingerprint density at radius 1 is 0.727 bits per heavy atom. The van der Waals surface area contributed by atoms with Gasteiger partial charge in [-0.3, -0.25) is 0 Å². The third-order valence-corrected chi connectivity index (χ3v) is 5.60. The van der Waals surface area contributed by atoms with Gasteiger partial charge in [-0.15, -0.1) is 0 Å². The van der Waals surface area contributed by atoms with E-state index in [1.165, 1.54) is 33.2 Å². The van der Waals surface area contributed by atoms with Crippen LogP contribution in [0.5, 0.6) is 0 Å². The summed E-state index contributed by atoms with van der Waals surface area (Å²) in [6, 6.07) is 21.6. The van der Waals surface area contributed by atoms with Crippen LogP contribution in [0.4, 0.5) is 0 Å². The van der Waals surface area contributed by atoms with Gasteiger partial charge >= 0.3 is 0 Å². The van der Waals surface area contributed by atoms with Gasteiger partial charge in [0, 0.05) is 28.1 Å². The molecule has 4 heteroatoms. The normalized spacial score (nSPS) is 11.8. The highest BCUT2D eigenvalue weighted by Gasteiger charge is 2.18. The van der Waals surface area contributed by atoms with Crippen LogP contribution in [0.3, 0.4) is 0 Å². The summed E-state index contributed by atoms with van der Waals surface area (Å²) >= 11 is 0. The van der Waals surface area contributed by atoms with Crippen LogP contribution >= 0.6 is 18.8 Å². The highest BCUT2D eigenvalue weighted by molar-refractivity contribution is 7.15. The van der Waals surface area contributed by atoms with E-state index in [4.69, 9.17) is 0 Å². The van der Waals surface area contributed by atoms with Crippen LogP contribution in [0.1, 0.15) is 24.2 Å². The Morgan fingerprint density at radius 3 is 1.55 bits per heavy atom. The molecule has 0 bridgehead atoms. The smallest absolute Gasteiger partial charge is 0.0511 e. The van der Waals surface area contributed by atoms with Crippen molar-refractivity contribution in [3.8, 4) is 0 Å². The summed E-state index contributed by atoms with van der Waals surface area (Å²) in [5, 5.41) is 2.57. The van der Waals surface area contributed by atoms with Gasteiger partial charge in [0.15, 0.2) is 0 Å². The SMILES string of the molecule is CC(c1cc2ccccc2n1P)c1cc2ccccc2n1P. The summed E-state index contributed by atoms with van der Waals surface area (Å²) < 4.78 is 4.45. The summed E-state index contributed by atoms with van der Waals surface area (Å²) in [6.07, 6.45) is 0. The zero-order chi connectivity index (χ0) is 15.3. The average molecular weight is 324 g/mol. The first-order valence-corrected chi connectivity index (χ1v) is 8.41. The van der Waals surface area contributed by atoms with Crippen molar-refractivity contribution in [2.24, 2.45) is 0 Å². The first-order valence-electron chi connectivity index (χ1n) is 7.37. The molecule has 0 aliphatic carbocycles. The molecule has 4 aromatic rings. The molecule has 2 aromatic carbocycles. The molecule has 2 unspecified atom stereocenters. The lowest BCUT2D eigenvalue weighted by Crippen LogP contribution is -2.02. The van der Waals surface area contributed by atoms with E-state index in [9.17, 15) is 0 Å². The second-order valence-electron chi connectivity index (χ2n) is 5.72. The maximum Gasteiger partial charge on any atom is 0.0511 e. The predicted octanol–water partition coefficient (Wildman–Crippen LogP) is 5.02. The Morgan fingerprint density at radius 2 is 1.14 bits per heavy atom. The molecule has 0 spiro atoms. The van der Waals surface area contributed by atoms with Crippen LogP contribution in [0.15, 0.2) is 60.7 Å². The Balaban J connectivity index is 1.90. The lowest BCUT2D eigenvalue weighted by molar-refractivity contribution is 0.834. The van der Waals surface area contributed by atoms with Crippen molar-refractivity contribution in [3.63, 3.8) is 0 Å². The van der Waals surface area contributed by atoms with E-state index in [-0.39, 0.29) is 0 Å². The van der Waals surface area contributed by atoms with Gasteiger partial charge in [-0.25, -0.2) is 0 Å². The van der Waals surface area contributed by atoms with Crippen molar-refractivity contribution in [1.29, 1.82) is 0 Å². The van der Waals surface area contributed by atoms with Gasteiger partial charge in [-0.1, -0.05) is 43.3 Å². The van der Waals surface area contributed by atoms with E-state index < -0.39 is 0 Å². The minimum atomic E-state index is 0.315. The number of hydrogen-bond acceptors (Lipinski definition) is 0. The van der Waals surface area contributed by atoms with Gasteiger partial charge in [0.25, 0.3) is 0 Å². The molecule has 4 rings (SSSR count). The number of benzene rings is 2. The van der Waals surface area contributed by atoms with Crippen LogP contribution in [0, 0.1) is 0 Å². The molecule has 22 heavy (non-hydrogen) atoms. The summed E-state index contributed by atoms with van der Waals surface area (Å²) in [5.74, 6) is 0.315.